The second-order valence-electron chi connectivity index (χ2n) is 5.12. The summed E-state index contributed by atoms with van der Waals surface area (Å²) in [6, 6.07) is 1.21. The third kappa shape index (κ3) is 25.8. The number of rotatable bonds is 8. The van der Waals surface area contributed by atoms with Crippen LogP contribution in [0.3, 0.4) is 0 Å². The molecule has 0 rings (SSSR count). The normalized spacial score (nSPS) is 10.9. The molecular weight excluding hydrogens is 212 g/mol. The Balaban J connectivity index is 0. The van der Waals surface area contributed by atoms with E-state index in [1.807, 2.05) is 7.05 Å². The highest BCUT2D eigenvalue weighted by Gasteiger charge is 1.92. The molecule has 0 aliphatic rings. The number of hydrogen-bond donors (Lipinski definition) is 3. The second-order valence-corrected chi connectivity index (χ2v) is 5.12. The summed E-state index contributed by atoms with van der Waals surface area (Å²) in [7, 11) is 6.10. The number of hydrogen-bond acceptors (Lipinski definition) is 4. The van der Waals surface area contributed by atoms with Crippen molar-refractivity contribution in [2.24, 2.45) is 0 Å². The van der Waals surface area contributed by atoms with Crippen molar-refractivity contribution in [3.63, 3.8) is 0 Å². The maximum atomic E-state index is 3.34. The maximum Gasteiger partial charge on any atom is 0.0101 e. The summed E-state index contributed by atoms with van der Waals surface area (Å²) in [5, 5.41) is 9.73. The van der Waals surface area contributed by atoms with Crippen LogP contribution in [0.1, 0.15) is 27.7 Å². The molecule has 0 bridgehead atoms. The molecule has 3 N–H and O–H groups in total. The lowest BCUT2D eigenvalue weighted by Crippen LogP contribution is -2.34. The number of nitrogens with zero attached hydrogens (tertiary/aromatic N) is 1. The molecule has 0 spiro atoms. The molecule has 0 heterocycles. The van der Waals surface area contributed by atoms with Gasteiger partial charge < -0.3 is 20.9 Å². The van der Waals surface area contributed by atoms with Gasteiger partial charge in [0.1, 0.15) is 0 Å². The van der Waals surface area contributed by atoms with Crippen molar-refractivity contribution in [2.45, 2.75) is 39.8 Å². The van der Waals surface area contributed by atoms with Gasteiger partial charge in [-0.3, -0.25) is 0 Å². The van der Waals surface area contributed by atoms with Crippen molar-refractivity contribution in [1.82, 2.24) is 20.9 Å². The molecule has 0 fully saturated rings. The Morgan fingerprint density at radius 3 is 1.41 bits per heavy atom. The van der Waals surface area contributed by atoms with Gasteiger partial charge in [-0.05, 0) is 21.1 Å². The highest BCUT2D eigenvalue weighted by atomic mass is 15.1. The van der Waals surface area contributed by atoms with Crippen LogP contribution in [0.15, 0.2) is 0 Å². The molecule has 0 aliphatic carbocycles. The monoisotopic (exact) mass is 246 g/mol. The minimum absolute atomic E-state index is 0.606. The summed E-state index contributed by atoms with van der Waals surface area (Å²) in [6.45, 7) is 13.0. The van der Waals surface area contributed by atoms with Crippen LogP contribution >= 0.6 is 0 Å². The molecule has 0 saturated carbocycles. The van der Waals surface area contributed by atoms with Gasteiger partial charge in [-0.2, -0.15) is 0 Å². The largest absolute Gasteiger partial charge is 0.318 e. The van der Waals surface area contributed by atoms with E-state index in [1.54, 1.807) is 0 Å². The van der Waals surface area contributed by atoms with E-state index in [9.17, 15) is 0 Å². The average molecular weight is 246 g/mol. The first-order valence-corrected chi connectivity index (χ1v) is 6.66. The summed E-state index contributed by atoms with van der Waals surface area (Å²) in [5.74, 6) is 0. The predicted molar refractivity (Wildman–Crippen MR) is 78.8 cm³/mol. The highest BCUT2D eigenvalue weighted by Crippen LogP contribution is 1.76. The van der Waals surface area contributed by atoms with Gasteiger partial charge in [-0.25, -0.2) is 0 Å². The highest BCUT2D eigenvalue weighted by molar-refractivity contribution is 4.57. The first-order chi connectivity index (χ1) is 7.90. The van der Waals surface area contributed by atoms with Gasteiger partial charge in [0.05, 0.1) is 0 Å². The summed E-state index contributed by atoms with van der Waals surface area (Å²) in [4.78, 5) is 2.15. The molecule has 17 heavy (non-hydrogen) atoms. The summed E-state index contributed by atoms with van der Waals surface area (Å²) < 4.78 is 0. The van der Waals surface area contributed by atoms with E-state index in [4.69, 9.17) is 0 Å². The molecular formula is C13H34N4. The van der Waals surface area contributed by atoms with Crippen molar-refractivity contribution < 1.29 is 0 Å². The van der Waals surface area contributed by atoms with Gasteiger partial charge in [0.2, 0.25) is 0 Å². The van der Waals surface area contributed by atoms with E-state index in [0.29, 0.717) is 12.1 Å². The third-order valence-corrected chi connectivity index (χ3v) is 2.04. The fraction of sp³-hybridized carbons (Fsp3) is 1.00. The second kappa shape index (κ2) is 13.9. The first kappa shape index (κ1) is 19.2. The molecule has 0 unspecified atom stereocenters. The van der Waals surface area contributed by atoms with Gasteiger partial charge >= 0.3 is 0 Å². The van der Waals surface area contributed by atoms with Crippen LogP contribution in [0.25, 0.3) is 0 Å². The summed E-state index contributed by atoms with van der Waals surface area (Å²) in [6.07, 6.45) is 0. The predicted octanol–water partition coefficient (Wildman–Crippen LogP) is 0.750. The molecule has 0 saturated heterocycles. The van der Waals surface area contributed by atoms with Gasteiger partial charge in [-0.15, -0.1) is 0 Å². The number of nitrogens with one attached hydrogen (secondary N) is 3. The van der Waals surface area contributed by atoms with Crippen LogP contribution in [0.2, 0.25) is 0 Å². The molecule has 0 atom stereocenters. The van der Waals surface area contributed by atoms with Crippen molar-refractivity contribution >= 4 is 0 Å². The lowest BCUT2D eigenvalue weighted by atomic mass is 10.3. The molecule has 0 aromatic carbocycles. The quantitative estimate of drug-likeness (QED) is 0.553. The van der Waals surface area contributed by atoms with E-state index in [0.717, 1.165) is 26.2 Å². The van der Waals surface area contributed by atoms with Crippen LogP contribution in [0, 0.1) is 0 Å². The zero-order valence-electron chi connectivity index (χ0n) is 12.9. The van der Waals surface area contributed by atoms with Crippen molar-refractivity contribution in [3.8, 4) is 0 Å². The molecule has 0 aromatic heterocycles. The van der Waals surface area contributed by atoms with E-state index < -0.39 is 0 Å². The minimum Gasteiger partial charge on any atom is -0.318 e. The Kier molecular flexibility index (Phi) is 15.7. The van der Waals surface area contributed by atoms with Crippen LogP contribution in [-0.4, -0.2) is 64.3 Å². The maximum absolute atomic E-state index is 3.34. The summed E-state index contributed by atoms with van der Waals surface area (Å²) in [5.41, 5.74) is 0. The van der Waals surface area contributed by atoms with Gasteiger partial charge in [0.25, 0.3) is 0 Å². The molecule has 0 aliphatic heterocycles. The minimum atomic E-state index is 0.606. The smallest absolute Gasteiger partial charge is 0.0101 e. The zero-order valence-corrected chi connectivity index (χ0v) is 12.9. The van der Waals surface area contributed by atoms with Crippen LogP contribution in [-0.2, 0) is 0 Å². The van der Waals surface area contributed by atoms with Gasteiger partial charge in [0, 0.05) is 38.3 Å². The Hall–Kier alpha value is -0.160. The molecule has 0 amide bonds. The van der Waals surface area contributed by atoms with E-state index >= 15 is 0 Å². The molecule has 4 nitrogen and oxygen atoms in total. The van der Waals surface area contributed by atoms with E-state index in [1.165, 1.54) is 0 Å². The van der Waals surface area contributed by atoms with Crippen LogP contribution < -0.4 is 16.0 Å². The first-order valence-electron chi connectivity index (χ1n) is 6.66. The Morgan fingerprint density at radius 1 is 0.824 bits per heavy atom. The Bertz CT molecular complexity index is 125. The fourth-order valence-corrected chi connectivity index (χ4v) is 1.06. The topological polar surface area (TPSA) is 39.3 Å². The standard InChI is InChI=1S/C8H20N2.C5H14N2/c1-7(2)9-5-6-10-8(3)4;1-6-4-5-7(2)3/h7-10H,5-6H2,1-4H3;6H,4-5H2,1-3H3. The van der Waals surface area contributed by atoms with Gasteiger partial charge in [-0.1, -0.05) is 27.7 Å². The third-order valence-electron chi connectivity index (χ3n) is 2.04. The lowest BCUT2D eigenvalue weighted by molar-refractivity contribution is 0.407. The van der Waals surface area contributed by atoms with Crippen molar-refractivity contribution in [1.29, 1.82) is 0 Å². The van der Waals surface area contributed by atoms with E-state index in [-0.39, 0.29) is 0 Å². The van der Waals surface area contributed by atoms with Crippen molar-refractivity contribution in [3.05, 3.63) is 0 Å². The van der Waals surface area contributed by atoms with Gasteiger partial charge in [0.15, 0.2) is 0 Å². The number of likely N-dealkylation sites (N-methyl/N-ethyl adjacent to an activating group) is 2. The molecule has 4 heteroatoms. The fourth-order valence-electron chi connectivity index (χ4n) is 1.06. The average Bonchev–Trinajstić information content (AvgIpc) is 2.22. The van der Waals surface area contributed by atoms with E-state index in [2.05, 4.69) is 62.6 Å². The van der Waals surface area contributed by atoms with Crippen LogP contribution in [0.4, 0.5) is 0 Å². The SMILES string of the molecule is CC(C)NCCNC(C)C.CNCCN(C)C. The molecule has 0 aromatic rings. The molecule has 106 valence electrons. The van der Waals surface area contributed by atoms with Crippen molar-refractivity contribution in [2.75, 3.05) is 47.3 Å². The van der Waals surface area contributed by atoms with Crippen LogP contribution in [0.5, 0.6) is 0 Å². The molecule has 0 radical (unpaired) electrons. The summed E-state index contributed by atoms with van der Waals surface area (Å²) >= 11 is 0. The lowest BCUT2D eigenvalue weighted by Gasteiger charge is -2.10. The Labute approximate surface area is 109 Å². The zero-order chi connectivity index (χ0) is 13.7. The Morgan fingerprint density at radius 2 is 1.24 bits per heavy atom.